The molecule has 0 spiro atoms. The SMILES string of the molecule is C=C(C)C(=O)NCCCNC(=O)CCCCCCCCn1ccnc1. The predicted molar refractivity (Wildman–Crippen MR) is 100.0 cm³/mol. The second-order valence-electron chi connectivity index (χ2n) is 6.41. The lowest BCUT2D eigenvalue weighted by Gasteiger charge is -2.07. The van der Waals surface area contributed by atoms with Crippen molar-refractivity contribution in [1.29, 1.82) is 0 Å². The number of aromatic nitrogens is 2. The largest absolute Gasteiger partial charge is 0.356 e. The summed E-state index contributed by atoms with van der Waals surface area (Å²) < 4.78 is 2.11. The molecule has 0 saturated heterocycles. The van der Waals surface area contributed by atoms with Gasteiger partial charge in [-0.1, -0.05) is 32.3 Å². The number of unbranched alkanes of at least 4 members (excludes halogenated alkanes) is 5. The van der Waals surface area contributed by atoms with Crippen LogP contribution < -0.4 is 10.6 Å². The quantitative estimate of drug-likeness (QED) is 0.401. The van der Waals surface area contributed by atoms with Gasteiger partial charge in [0.05, 0.1) is 6.33 Å². The Bertz CT molecular complexity index is 512. The first-order valence-corrected chi connectivity index (χ1v) is 9.25. The third-order valence-corrected chi connectivity index (χ3v) is 3.98. The Balaban J connectivity index is 1.83. The van der Waals surface area contributed by atoms with Crippen LogP contribution in [0.3, 0.4) is 0 Å². The highest BCUT2D eigenvalue weighted by atomic mass is 16.2. The molecule has 0 aromatic carbocycles. The minimum atomic E-state index is -0.128. The molecule has 0 aliphatic rings. The molecule has 6 nitrogen and oxygen atoms in total. The molecule has 0 saturated carbocycles. The lowest BCUT2D eigenvalue weighted by Crippen LogP contribution is -2.29. The highest BCUT2D eigenvalue weighted by Gasteiger charge is 2.02. The molecule has 0 atom stereocenters. The molecule has 0 aliphatic heterocycles. The van der Waals surface area contributed by atoms with Crippen LogP contribution >= 0.6 is 0 Å². The van der Waals surface area contributed by atoms with Gasteiger partial charge in [0, 0.05) is 44.0 Å². The zero-order chi connectivity index (χ0) is 18.3. The van der Waals surface area contributed by atoms with Crippen LogP contribution in [0.4, 0.5) is 0 Å². The Morgan fingerprint density at radius 1 is 1.00 bits per heavy atom. The number of nitrogens with zero attached hydrogens (tertiary/aromatic N) is 2. The monoisotopic (exact) mass is 348 g/mol. The van der Waals surface area contributed by atoms with Crippen LogP contribution in [0.2, 0.25) is 0 Å². The maximum atomic E-state index is 11.7. The fourth-order valence-corrected chi connectivity index (χ4v) is 2.46. The Labute approximate surface area is 151 Å². The summed E-state index contributed by atoms with van der Waals surface area (Å²) in [4.78, 5) is 27.0. The van der Waals surface area contributed by atoms with Crippen LogP contribution in [0.15, 0.2) is 30.9 Å². The summed E-state index contributed by atoms with van der Waals surface area (Å²) in [6.07, 6.45) is 13.8. The normalized spacial score (nSPS) is 10.4. The van der Waals surface area contributed by atoms with Crippen molar-refractivity contribution in [1.82, 2.24) is 20.2 Å². The highest BCUT2D eigenvalue weighted by molar-refractivity contribution is 5.92. The summed E-state index contributed by atoms with van der Waals surface area (Å²) >= 11 is 0. The number of carbonyl (C=O) groups is 2. The fraction of sp³-hybridized carbons (Fsp3) is 0.632. The molecule has 140 valence electrons. The van der Waals surface area contributed by atoms with E-state index in [9.17, 15) is 9.59 Å². The van der Waals surface area contributed by atoms with Gasteiger partial charge >= 0.3 is 0 Å². The van der Waals surface area contributed by atoms with Crippen LogP contribution in [0.5, 0.6) is 0 Å². The number of nitrogens with one attached hydrogen (secondary N) is 2. The van der Waals surface area contributed by atoms with Crippen molar-refractivity contribution in [3.63, 3.8) is 0 Å². The number of carbonyl (C=O) groups excluding carboxylic acids is 2. The summed E-state index contributed by atoms with van der Waals surface area (Å²) in [6, 6.07) is 0. The van der Waals surface area contributed by atoms with Crippen molar-refractivity contribution in [3.05, 3.63) is 30.9 Å². The van der Waals surface area contributed by atoms with Gasteiger partial charge in [-0.2, -0.15) is 0 Å². The summed E-state index contributed by atoms with van der Waals surface area (Å²) in [5.74, 6) is -0.0253. The molecule has 0 aliphatic carbocycles. The molecule has 0 fully saturated rings. The van der Waals surface area contributed by atoms with Crippen molar-refractivity contribution in [2.75, 3.05) is 13.1 Å². The van der Waals surface area contributed by atoms with Gasteiger partial charge in [0.25, 0.3) is 0 Å². The fourth-order valence-electron chi connectivity index (χ4n) is 2.46. The molecule has 0 radical (unpaired) electrons. The van der Waals surface area contributed by atoms with E-state index in [1.54, 1.807) is 6.92 Å². The van der Waals surface area contributed by atoms with Crippen molar-refractivity contribution in [2.45, 2.75) is 64.8 Å². The number of aryl methyl sites for hydroxylation is 1. The average Bonchev–Trinajstić information content (AvgIpc) is 3.10. The van der Waals surface area contributed by atoms with Crippen molar-refractivity contribution in [3.8, 4) is 0 Å². The second kappa shape index (κ2) is 13.2. The Hall–Kier alpha value is -2.11. The summed E-state index contributed by atoms with van der Waals surface area (Å²) in [5, 5.41) is 5.64. The van der Waals surface area contributed by atoms with E-state index in [-0.39, 0.29) is 11.8 Å². The number of amides is 2. The highest BCUT2D eigenvalue weighted by Crippen LogP contribution is 2.08. The van der Waals surface area contributed by atoms with Crippen LogP contribution in [-0.2, 0) is 16.1 Å². The lowest BCUT2D eigenvalue weighted by molar-refractivity contribution is -0.121. The van der Waals surface area contributed by atoms with Gasteiger partial charge in [0.2, 0.25) is 11.8 Å². The van der Waals surface area contributed by atoms with Crippen LogP contribution in [0, 0.1) is 0 Å². The Morgan fingerprint density at radius 3 is 2.36 bits per heavy atom. The Kier molecular flexibility index (Phi) is 11.1. The van der Waals surface area contributed by atoms with E-state index in [2.05, 4.69) is 26.8 Å². The molecule has 25 heavy (non-hydrogen) atoms. The van der Waals surface area contributed by atoms with Crippen LogP contribution in [0.1, 0.15) is 58.3 Å². The van der Waals surface area contributed by atoms with E-state index >= 15 is 0 Å². The summed E-state index contributed by atoms with van der Waals surface area (Å²) in [7, 11) is 0. The van der Waals surface area contributed by atoms with Gasteiger partial charge in [-0.25, -0.2) is 4.98 Å². The maximum absolute atomic E-state index is 11.7. The van der Waals surface area contributed by atoms with E-state index in [0.29, 0.717) is 25.1 Å². The predicted octanol–water partition coefficient (Wildman–Crippen LogP) is 2.81. The number of hydrogen-bond acceptors (Lipinski definition) is 3. The minimum Gasteiger partial charge on any atom is -0.356 e. The minimum absolute atomic E-state index is 0.103. The van der Waals surface area contributed by atoms with Gasteiger partial charge in [-0.15, -0.1) is 0 Å². The smallest absolute Gasteiger partial charge is 0.246 e. The molecule has 0 bridgehead atoms. The second-order valence-corrected chi connectivity index (χ2v) is 6.41. The van der Waals surface area contributed by atoms with E-state index in [4.69, 9.17) is 0 Å². The van der Waals surface area contributed by atoms with Gasteiger partial charge in [0.1, 0.15) is 0 Å². The molecule has 1 aromatic heterocycles. The molecule has 0 unspecified atom stereocenters. The lowest BCUT2D eigenvalue weighted by atomic mass is 10.1. The van der Waals surface area contributed by atoms with Gasteiger partial charge < -0.3 is 15.2 Å². The Morgan fingerprint density at radius 2 is 1.68 bits per heavy atom. The topological polar surface area (TPSA) is 76.0 Å². The molecular weight excluding hydrogens is 316 g/mol. The van der Waals surface area contributed by atoms with E-state index in [1.807, 2.05) is 18.7 Å². The van der Waals surface area contributed by atoms with Gasteiger partial charge in [-0.3, -0.25) is 9.59 Å². The van der Waals surface area contributed by atoms with Crippen molar-refractivity contribution >= 4 is 11.8 Å². The first-order valence-electron chi connectivity index (χ1n) is 9.25. The average molecular weight is 348 g/mol. The zero-order valence-corrected chi connectivity index (χ0v) is 15.4. The zero-order valence-electron chi connectivity index (χ0n) is 15.4. The summed E-state index contributed by atoms with van der Waals surface area (Å²) in [6.45, 7) is 7.45. The van der Waals surface area contributed by atoms with Crippen LogP contribution in [0.25, 0.3) is 0 Å². The maximum Gasteiger partial charge on any atom is 0.246 e. The van der Waals surface area contributed by atoms with E-state index in [1.165, 1.54) is 25.7 Å². The third kappa shape index (κ3) is 11.1. The van der Waals surface area contributed by atoms with Gasteiger partial charge in [-0.05, 0) is 26.2 Å². The number of imidazole rings is 1. The number of hydrogen-bond donors (Lipinski definition) is 2. The number of rotatable bonds is 14. The molecule has 2 amide bonds. The van der Waals surface area contributed by atoms with Crippen molar-refractivity contribution < 1.29 is 9.59 Å². The van der Waals surface area contributed by atoms with Crippen LogP contribution in [-0.4, -0.2) is 34.5 Å². The molecule has 1 rings (SSSR count). The third-order valence-electron chi connectivity index (χ3n) is 3.98. The molecule has 6 heteroatoms. The van der Waals surface area contributed by atoms with E-state index in [0.717, 1.165) is 25.8 Å². The molecule has 2 N–H and O–H groups in total. The standard InChI is InChI=1S/C19H32N4O2/c1-17(2)19(25)22-12-9-11-21-18(24)10-7-5-3-4-6-8-14-23-15-13-20-16-23/h13,15-16H,1,3-12,14H2,2H3,(H,21,24)(H,22,25). The summed E-state index contributed by atoms with van der Waals surface area (Å²) in [5.41, 5.74) is 0.505. The van der Waals surface area contributed by atoms with Gasteiger partial charge in [0.15, 0.2) is 0 Å². The first-order chi connectivity index (χ1) is 12.1. The first kappa shape index (κ1) is 20.9. The molecule has 1 heterocycles. The molecule has 1 aromatic rings. The van der Waals surface area contributed by atoms with E-state index < -0.39 is 0 Å². The van der Waals surface area contributed by atoms with Crippen molar-refractivity contribution in [2.24, 2.45) is 0 Å². The molecular formula is C19H32N4O2.